The van der Waals surface area contributed by atoms with E-state index in [4.69, 9.17) is 0 Å². The maximum absolute atomic E-state index is 10.8. The summed E-state index contributed by atoms with van der Waals surface area (Å²) < 4.78 is 0. The van der Waals surface area contributed by atoms with Gasteiger partial charge in [0.15, 0.2) is 6.29 Å². The van der Waals surface area contributed by atoms with Gasteiger partial charge in [0.2, 0.25) is 5.78 Å². The van der Waals surface area contributed by atoms with Crippen molar-refractivity contribution in [2.45, 2.75) is 32.2 Å². The van der Waals surface area contributed by atoms with Gasteiger partial charge in [-0.05, 0) is 26.7 Å². The minimum atomic E-state index is -0.462. The van der Waals surface area contributed by atoms with Gasteiger partial charge < -0.3 is 0 Å². The molecule has 0 atom stereocenters. The summed E-state index contributed by atoms with van der Waals surface area (Å²) in [5, 5.41) is 0. The summed E-state index contributed by atoms with van der Waals surface area (Å²) in [4.78, 5) is 25.0. The molecule has 0 saturated carbocycles. The highest BCUT2D eigenvalue weighted by atomic mass is 16.2. The van der Waals surface area contributed by atoms with E-state index < -0.39 is 5.78 Å². The largest absolute Gasteiger partial charge is 0.294 e. The molecule has 0 spiro atoms. The number of aliphatic imine (C=N–C) groups is 1. The van der Waals surface area contributed by atoms with Crippen LogP contribution in [0.1, 0.15) is 26.7 Å². The Balaban J connectivity index is 2.78. The van der Waals surface area contributed by atoms with Crippen molar-refractivity contribution in [3.8, 4) is 0 Å². The van der Waals surface area contributed by atoms with Crippen LogP contribution < -0.4 is 0 Å². The molecule has 0 aromatic carbocycles. The summed E-state index contributed by atoms with van der Waals surface area (Å²) in [5.41, 5.74) is 0.290. The zero-order chi connectivity index (χ0) is 8.48. The van der Waals surface area contributed by atoms with Crippen molar-refractivity contribution in [3.63, 3.8) is 0 Å². The number of nitrogens with zero attached hydrogens (tertiary/aromatic N) is 1. The molecule has 1 aliphatic heterocycles. The molecule has 0 bridgehead atoms. The van der Waals surface area contributed by atoms with Crippen LogP contribution in [0.3, 0.4) is 0 Å². The summed E-state index contributed by atoms with van der Waals surface area (Å²) >= 11 is 0. The molecule has 0 radical (unpaired) electrons. The topological polar surface area (TPSA) is 46.5 Å². The van der Waals surface area contributed by atoms with Crippen molar-refractivity contribution in [2.24, 2.45) is 4.99 Å². The third-order valence-electron chi connectivity index (χ3n) is 1.80. The second kappa shape index (κ2) is 2.57. The predicted octanol–water partition coefficient (Wildman–Crippen LogP) is 0.768. The maximum Gasteiger partial charge on any atom is 0.239 e. The van der Waals surface area contributed by atoms with Crippen LogP contribution in [0.15, 0.2) is 4.99 Å². The highest BCUT2D eigenvalue weighted by Gasteiger charge is 2.27. The van der Waals surface area contributed by atoms with Gasteiger partial charge in [0.05, 0.1) is 11.3 Å². The Labute approximate surface area is 65.5 Å². The third-order valence-corrected chi connectivity index (χ3v) is 1.80. The molecular formula is C8H11NO2. The van der Waals surface area contributed by atoms with Crippen LogP contribution in [0, 0.1) is 0 Å². The summed E-state index contributed by atoms with van der Waals surface area (Å²) in [7, 11) is 0. The fourth-order valence-electron chi connectivity index (χ4n) is 1.15. The first-order valence-electron chi connectivity index (χ1n) is 3.63. The van der Waals surface area contributed by atoms with Gasteiger partial charge in [-0.2, -0.15) is 0 Å². The number of rotatable bonds is 2. The van der Waals surface area contributed by atoms with Crippen LogP contribution in [-0.2, 0) is 9.59 Å². The minimum absolute atomic E-state index is 0.145. The quantitative estimate of drug-likeness (QED) is 0.434. The number of carbonyl (C=O) groups is 2. The molecule has 11 heavy (non-hydrogen) atoms. The number of carbonyl (C=O) groups excluding carboxylic acids is 2. The van der Waals surface area contributed by atoms with Crippen LogP contribution >= 0.6 is 0 Å². The van der Waals surface area contributed by atoms with Crippen LogP contribution in [0.25, 0.3) is 0 Å². The summed E-state index contributed by atoms with van der Waals surface area (Å²) in [6, 6.07) is 0. The molecule has 0 saturated heterocycles. The SMILES string of the molecule is CC1(C)CCC(C(=O)C=O)=N1. The second-order valence-corrected chi connectivity index (χ2v) is 3.35. The molecule has 3 nitrogen and oxygen atoms in total. The highest BCUT2D eigenvalue weighted by Crippen LogP contribution is 2.24. The molecule has 0 aliphatic carbocycles. The summed E-state index contributed by atoms with van der Waals surface area (Å²) in [5.74, 6) is -0.462. The Morgan fingerprint density at radius 3 is 2.64 bits per heavy atom. The number of ketones is 1. The molecule has 3 heteroatoms. The van der Waals surface area contributed by atoms with Crippen molar-refractivity contribution in [3.05, 3.63) is 0 Å². The lowest BCUT2D eigenvalue weighted by atomic mass is 10.0. The standard InChI is InChI=1S/C8H11NO2/c1-8(2)4-3-6(9-8)7(11)5-10/h5H,3-4H2,1-2H3. The monoisotopic (exact) mass is 153 g/mol. The lowest BCUT2D eigenvalue weighted by Gasteiger charge is -2.10. The molecule has 0 N–H and O–H groups in total. The first-order chi connectivity index (χ1) is 5.05. The van der Waals surface area contributed by atoms with Gasteiger partial charge in [0, 0.05) is 0 Å². The minimum Gasteiger partial charge on any atom is -0.294 e. The lowest BCUT2D eigenvalue weighted by Crippen LogP contribution is -2.13. The van der Waals surface area contributed by atoms with Crippen molar-refractivity contribution in [1.82, 2.24) is 0 Å². The highest BCUT2D eigenvalue weighted by molar-refractivity contribution is 6.59. The van der Waals surface area contributed by atoms with E-state index in [1.165, 1.54) is 0 Å². The van der Waals surface area contributed by atoms with E-state index in [1.807, 2.05) is 13.8 Å². The van der Waals surface area contributed by atoms with Gasteiger partial charge in [0.1, 0.15) is 0 Å². The van der Waals surface area contributed by atoms with Gasteiger partial charge in [-0.1, -0.05) is 0 Å². The Kier molecular flexibility index (Phi) is 1.89. The number of Topliss-reactive ketones (excluding diaryl/α,β-unsaturated/α-hetero) is 1. The van der Waals surface area contributed by atoms with Crippen molar-refractivity contribution < 1.29 is 9.59 Å². The Hall–Kier alpha value is -0.990. The summed E-state index contributed by atoms with van der Waals surface area (Å²) in [6.45, 7) is 3.91. The zero-order valence-corrected chi connectivity index (χ0v) is 6.76. The molecular weight excluding hydrogens is 142 g/mol. The zero-order valence-electron chi connectivity index (χ0n) is 6.76. The maximum atomic E-state index is 10.8. The average molecular weight is 153 g/mol. The Bertz CT molecular complexity index is 228. The number of hydrogen-bond acceptors (Lipinski definition) is 3. The predicted molar refractivity (Wildman–Crippen MR) is 41.8 cm³/mol. The molecule has 0 unspecified atom stereocenters. The molecule has 0 aromatic rings. The fourth-order valence-corrected chi connectivity index (χ4v) is 1.15. The van der Waals surface area contributed by atoms with Crippen molar-refractivity contribution in [1.29, 1.82) is 0 Å². The van der Waals surface area contributed by atoms with E-state index >= 15 is 0 Å². The van der Waals surface area contributed by atoms with Gasteiger partial charge >= 0.3 is 0 Å². The average Bonchev–Trinajstić information content (AvgIpc) is 2.29. The van der Waals surface area contributed by atoms with E-state index in [0.29, 0.717) is 18.4 Å². The van der Waals surface area contributed by atoms with Crippen LogP contribution in [0.2, 0.25) is 0 Å². The van der Waals surface area contributed by atoms with E-state index in [1.54, 1.807) is 0 Å². The van der Waals surface area contributed by atoms with Gasteiger partial charge in [-0.25, -0.2) is 0 Å². The molecule has 1 rings (SSSR count). The normalized spacial score (nSPS) is 21.1. The molecule has 0 fully saturated rings. The molecule has 60 valence electrons. The summed E-state index contributed by atoms with van der Waals surface area (Å²) in [6.07, 6.45) is 1.84. The third kappa shape index (κ3) is 1.73. The van der Waals surface area contributed by atoms with E-state index in [0.717, 1.165) is 6.42 Å². The second-order valence-electron chi connectivity index (χ2n) is 3.35. The van der Waals surface area contributed by atoms with E-state index in [-0.39, 0.29) is 5.54 Å². The molecule has 1 aliphatic rings. The van der Waals surface area contributed by atoms with Gasteiger partial charge in [-0.3, -0.25) is 14.6 Å². The first kappa shape index (κ1) is 8.11. The Morgan fingerprint density at radius 1 is 1.64 bits per heavy atom. The molecule has 1 heterocycles. The van der Waals surface area contributed by atoms with Crippen LogP contribution in [0.4, 0.5) is 0 Å². The lowest BCUT2D eigenvalue weighted by molar-refractivity contribution is -0.125. The smallest absolute Gasteiger partial charge is 0.239 e. The first-order valence-corrected chi connectivity index (χ1v) is 3.63. The van der Waals surface area contributed by atoms with Crippen LogP contribution in [0.5, 0.6) is 0 Å². The number of aldehydes is 1. The van der Waals surface area contributed by atoms with Crippen LogP contribution in [-0.4, -0.2) is 23.3 Å². The Morgan fingerprint density at radius 2 is 2.27 bits per heavy atom. The van der Waals surface area contributed by atoms with Crippen molar-refractivity contribution >= 4 is 17.8 Å². The van der Waals surface area contributed by atoms with Crippen molar-refractivity contribution in [2.75, 3.05) is 0 Å². The molecule has 0 aromatic heterocycles. The number of hydrogen-bond donors (Lipinski definition) is 0. The van der Waals surface area contributed by atoms with Gasteiger partial charge in [-0.15, -0.1) is 0 Å². The fraction of sp³-hybridized carbons (Fsp3) is 0.625. The molecule has 0 amide bonds. The van der Waals surface area contributed by atoms with E-state index in [9.17, 15) is 9.59 Å². The van der Waals surface area contributed by atoms with Gasteiger partial charge in [0.25, 0.3) is 0 Å². The van der Waals surface area contributed by atoms with E-state index in [2.05, 4.69) is 4.99 Å².